The van der Waals surface area contributed by atoms with E-state index in [0.717, 1.165) is 23.1 Å². The summed E-state index contributed by atoms with van der Waals surface area (Å²) in [4.78, 5) is 25.2. The molecule has 2 N–H and O–H groups in total. The van der Waals surface area contributed by atoms with Gasteiger partial charge >= 0.3 is 12.0 Å². The SMILES string of the molecule is CCCNC(=O)N1CCc2c(F)ccc(-c3ccc(CC(=O)O)cc3OCC)c2C1. The molecule has 1 aliphatic rings. The molecule has 2 aromatic carbocycles. The zero-order valence-electron chi connectivity index (χ0n) is 17.3. The van der Waals surface area contributed by atoms with Crippen molar-refractivity contribution >= 4 is 12.0 Å². The zero-order chi connectivity index (χ0) is 21.7. The molecule has 2 aromatic rings. The number of nitrogens with zero attached hydrogens (tertiary/aromatic N) is 1. The van der Waals surface area contributed by atoms with Gasteiger partial charge in [-0.15, -0.1) is 0 Å². The molecule has 0 aromatic heterocycles. The average Bonchev–Trinajstić information content (AvgIpc) is 2.72. The molecule has 0 bridgehead atoms. The smallest absolute Gasteiger partial charge is 0.317 e. The molecule has 7 heteroatoms. The van der Waals surface area contributed by atoms with Gasteiger partial charge in [0.15, 0.2) is 0 Å². The summed E-state index contributed by atoms with van der Waals surface area (Å²) in [5.74, 6) is -0.640. The van der Waals surface area contributed by atoms with Gasteiger partial charge in [-0.25, -0.2) is 9.18 Å². The van der Waals surface area contributed by atoms with Crippen molar-refractivity contribution in [2.45, 2.75) is 39.7 Å². The van der Waals surface area contributed by atoms with Gasteiger partial charge in [-0.3, -0.25) is 4.79 Å². The molecule has 160 valence electrons. The highest BCUT2D eigenvalue weighted by molar-refractivity contribution is 5.79. The normalized spacial score (nSPS) is 13.0. The van der Waals surface area contributed by atoms with Crippen LogP contribution in [-0.4, -0.2) is 41.7 Å². The first kappa shape index (κ1) is 21.6. The molecule has 30 heavy (non-hydrogen) atoms. The summed E-state index contributed by atoms with van der Waals surface area (Å²) in [6.07, 6.45) is 1.18. The predicted molar refractivity (Wildman–Crippen MR) is 112 cm³/mol. The molecular weight excluding hydrogens is 387 g/mol. The third-order valence-corrected chi connectivity index (χ3v) is 5.16. The number of carboxylic acid groups (broad SMARTS) is 1. The Morgan fingerprint density at radius 1 is 1.17 bits per heavy atom. The summed E-state index contributed by atoms with van der Waals surface area (Å²) in [6, 6.07) is 8.28. The van der Waals surface area contributed by atoms with Gasteiger partial charge in [0.1, 0.15) is 11.6 Å². The Kier molecular flexibility index (Phi) is 6.92. The highest BCUT2D eigenvalue weighted by Crippen LogP contribution is 2.37. The minimum absolute atomic E-state index is 0.104. The van der Waals surface area contributed by atoms with Crippen molar-refractivity contribution in [1.82, 2.24) is 10.2 Å². The van der Waals surface area contributed by atoms with Crippen LogP contribution in [0.25, 0.3) is 11.1 Å². The second-order valence-electron chi connectivity index (χ2n) is 7.29. The number of amides is 2. The second kappa shape index (κ2) is 9.61. The number of carbonyl (C=O) groups excluding carboxylic acids is 1. The molecule has 0 fully saturated rings. The van der Waals surface area contributed by atoms with Gasteiger partial charge in [-0.2, -0.15) is 0 Å². The number of benzene rings is 2. The molecule has 0 saturated heterocycles. The van der Waals surface area contributed by atoms with E-state index in [1.807, 2.05) is 19.9 Å². The minimum Gasteiger partial charge on any atom is -0.493 e. The molecule has 0 aliphatic carbocycles. The largest absolute Gasteiger partial charge is 0.493 e. The number of halogens is 1. The van der Waals surface area contributed by atoms with Crippen molar-refractivity contribution in [3.8, 4) is 16.9 Å². The minimum atomic E-state index is -0.918. The van der Waals surface area contributed by atoms with Gasteiger partial charge in [0.05, 0.1) is 13.0 Å². The van der Waals surface area contributed by atoms with Crippen LogP contribution >= 0.6 is 0 Å². The molecule has 2 amide bonds. The molecule has 0 atom stereocenters. The van der Waals surface area contributed by atoms with Crippen LogP contribution in [-0.2, 0) is 24.2 Å². The fraction of sp³-hybridized carbons (Fsp3) is 0.391. The van der Waals surface area contributed by atoms with E-state index < -0.39 is 5.97 Å². The van der Waals surface area contributed by atoms with E-state index in [2.05, 4.69) is 5.32 Å². The van der Waals surface area contributed by atoms with Crippen molar-refractivity contribution in [3.63, 3.8) is 0 Å². The van der Waals surface area contributed by atoms with E-state index in [-0.39, 0.29) is 18.3 Å². The lowest BCUT2D eigenvalue weighted by atomic mass is 9.90. The van der Waals surface area contributed by atoms with Crippen LogP contribution in [0.15, 0.2) is 30.3 Å². The number of hydrogen-bond donors (Lipinski definition) is 2. The molecule has 3 rings (SSSR count). The van der Waals surface area contributed by atoms with Crippen molar-refractivity contribution in [2.75, 3.05) is 19.7 Å². The van der Waals surface area contributed by atoms with Gasteiger partial charge in [0.25, 0.3) is 0 Å². The number of carboxylic acids is 1. The van der Waals surface area contributed by atoms with Crippen LogP contribution in [0.4, 0.5) is 9.18 Å². The average molecular weight is 414 g/mol. The number of hydrogen-bond acceptors (Lipinski definition) is 3. The van der Waals surface area contributed by atoms with Crippen molar-refractivity contribution in [3.05, 3.63) is 52.8 Å². The maximum Gasteiger partial charge on any atom is 0.317 e. The molecule has 0 spiro atoms. The van der Waals surface area contributed by atoms with E-state index in [1.165, 1.54) is 6.07 Å². The topological polar surface area (TPSA) is 78.9 Å². The molecule has 1 heterocycles. The Bertz CT molecular complexity index is 945. The Hall–Kier alpha value is -3.09. The van der Waals surface area contributed by atoms with Crippen LogP contribution in [0.1, 0.15) is 37.0 Å². The molecule has 6 nitrogen and oxygen atoms in total. The summed E-state index contributed by atoms with van der Waals surface area (Å²) in [7, 11) is 0. The van der Waals surface area contributed by atoms with Crippen LogP contribution in [0.2, 0.25) is 0 Å². The van der Waals surface area contributed by atoms with Crippen LogP contribution in [0.3, 0.4) is 0 Å². The lowest BCUT2D eigenvalue weighted by Gasteiger charge is -2.31. The molecule has 0 radical (unpaired) electrons. The van der Waals surface area contributed by atoms with E-state index in [0.29, 0.717) is 49.5 Å². The Labute approximate surface area is 175 Å². The van der Waals surface area contributed by atoms with E-state index >= 15 is 0 Å². The maximum absolute atomic E-state index is 14.5. The quantitative estimate of drug-likeness (QED) is 0.718. The van der Waals surface area contributed by atoms with Crippen molar-refractivity contribution < 1.29 is 23.8 Å². The Morgan fingerprint density at radius 2 is 1.93 bits per heavy atom. The summed E-state index contributed by atoms with van der Waals surface area (Å²) in [6.45, 7) is 5.62. The number of nitrogens with one attached hydrogen (secondary N) is 1. The van der Waals surface area contributed by atoms with E-state index in [9.17, 15) is 14.0 Å². The summed E-state index contributed by atoms with van der Waals surface area (Å²) >= 11 is 0. The van der Waals surface area contributed by atoms with Gasteiger partial charge in [0.2, 0.25) is 0 Å². The van der Waals surface area contributed by atoms with Gasteiger partial charge in [0, 0.05) is 25.2 Å². The number of ether oxygens (including phenoxy) is 1. The summed E-state index contributed by atoms with van der Waals surface area (Å²) < 4.78 is 20.3. The molecule has 0 unspecified atom stereocenters. The standard InChI is InChI=1S/C23H27FN2O4/c1-3-10-25-23(29)26-11-9-17-19(14-26)16(7-8-20(17)24)18-6-5-15(13-22(27)28)12-21(18)30-4-2/h5-8,12H,3-4,9-11,13-14H2,1-2H3,(H,25,29)(H,27,28). The fourth-order valence-corrected chi connectivity index (χ4v) is 3.75. The third-order valence-electron chi connectivity index (χ3n) is 5.16. The monoisotopic (exact) mass is 414 g/mol. The summed E-state index contributed by atoms with van der Waals surface area (Å²) in [5, 5.41) is 12.0. The lowest BCUT2D eigenvalue weighted by molar-refractivity contribution is -0.136. The highest BCUT2D eigenvalue weighted by Gasteiger charge is 2.26. The maximum atomic E-state index is 14.5. The third kappa shape index (κ3) is 4.72. The second-order valence-corrected chi connectivity index (χ2v) is 7.29. The van der Waals surface area contributed by atoms with E-state index in [4.69, 9.17) is 9.84 Å². The summed E-state index contributed by atoms with van der Waals surface area (Å²) in [5.41, 5.74) is 3.57. The molecule has 1 aliphatic heterocycles. The van der Waals surface area contributed by atoms with Gasteiger partial charge in [-0.05, 0) is 54.2 Å². The number of aliphatic carboxylic acids is 1. The number of rotatable bonds is 7. The highest BCUT2D eigenvalue weighted by atomic mass is 19.1. The predicted octanol–water partition coefficient (Wildman–Crippen LogP) is 4.00. The van der Waals surface area contributed by atoms with Crippen LogP contribution in [0.5, 0.6) is 5.75 Å². The number of fused-ring (bicyclic) bond motifs is 1. The van der Waals surface area contributed by atoms with Gasteiger partial charge < -0.3 is 20.1 Å². The van der Waals surface area contributed by atoms with E-state index in [1.54, 1.807) is 23.1 Å². The first-order valence-corrected chi connectivity index (χ1v) is 10.3. The van der Waals surface area contributed by atoms with Crippen LogP contribution < -0.4 is 10.1 Å². The zero-order valence-corrected chi connectivity index (χ0v) is 17.3. The van der Waals surface area contributed by atoms with Crippen molar-refractivity contribution in [1.29, 1.82) is 0 Å². The first-order chi connectivity index (χ1) is 14.4. The number of urea groups is 1. The number of carbonyl (C=O) groups is 2. The van der Waals surface area contributed by atoms with Crippen LogP contribution in [0, 0.1) is 5.82 Å². The molecule has 0 saturated carbocycles. The Balaban J connectivity index is 2.01. The first-order valence-electron chi connectivity index (χ1n) is 10.3. The molecular formula is C23H27FN2O4. The van der Waals surface area contributed by atoms with Gasteiger partial charge in [-0.1, -0.05) is 25.1 Å². The van der Waals surface area contributed by atoms with Crippen molar-refractivity contribution in [2.24, 2.45) is 0 Å². The lowest BCUT2D eigenvalue weighted by Crippen LogP contribution is -2.43. The Morgan fingerprint density at radius 3 is 2.63 bits per heavy atom. The fourth-order valence-electron chi connectivity index (χ4n) is 3.75.